The van der Waals surface area contributed by atoms with Crippen molar-refractivity contribution in [3.63, 3.8) is 0 Å². The molecule has 0 amide bonds. The van der Waals surface area contributed by atoms with Crippen LogP contribution in [0.2, 0.25) is 20.1 Å². The lowest BCUT2D eigenvalue weighted by atomic mass is 10.1. The molecule has 0 radical (unpaired) electrons. The van der Waals surface area contributed by atoms with Gasteiger partial charge in [-0.15, -0.1) is 45.3 Å². The van der Waals surface area contributed by atoms with Crippen molar-refractivity contribution in [1.82, 2.24) is 0 Å². The number of fused-ring (bicyclic) bond motifs is 2. The number of benzene rings is 1. The van der Waals surface area contributed by atoms with Gasteiger partial charge in [0.05, 0.1) is 39.9 Å². The Morgan fingerprint density at radius 2 is 1.00 bits per heavy atom. The second kappa shape index (κ2) is 6.11. The van der Waals surface area contributed by atoms with Gasteiger partial charge in [-0.05, 0) is 0 Å². The molecular formula is C13Cl4O2S5. The summed E-state index contributed by atoms with van der Waals surface area (Å²) in [6.07, 6.45) is 0. The third-order valence-corrected chi connectivity index (χ3v) is 10.8. The second-order valence-electron chi connectivity index (χ2n) is 4.56. The zero-order chi connectivity index (χ0) is 17.3. The summed E-state index contributed by atoms with van der Waals surface area (Å²) in [5.41, 5.74) is -0.755. The van der Waals surface area contributed by atoms with Crippen LogP contribution in [0.15, 0.2) is 9.59 Å². The molecule has 1 aliphatic carbocycles. The molecule has 2 heterocycles. The molecule has 0 saturated heterocycles. The minimum atomic E-state index is -0.377. The van der Waals surface area contributed by atoms with E-state index in [1.165, 1.54) is 45.3 Å². The number of hydrogen-bond acceptors (Lipinski definition) is 7. The Labute approximate surface area is 174 Å². The van der Waals surface area contributed by atoms with Crippen LogP contribution in [-0.2, 0) is 0 Å². The molecule has 0 unspecified atom stereocenters. The van der Waals surface area contributed by atoms with Gasteiger partial charge in [0, 0.05) is 0 Å². The number of halogens is 4. The van der Waals surface area contributed by atoms with Crippen LogP contribution >= 0.6 is 104 Å². The first kappa shape index (κ1) is 17.6. The SMILES string of the molecule is O=c1c2sc3sc(=S)sc3sc=2c(=O)c2c(Cl)c(Cl)c(Cl)c(Cl)c12. The van der Waals surface area contributed by atoms with Crippen molar-refractivity contribution < 1.29 is 0 Å². The fourth-order valence-electron chi connectivity index (χ4n) is 2.24. The van der Waals surface area contributed by atoms with Gasteiger partial charge in [-0.3, -0.25) is 9.59 Å². The van der Waals surface area contributed by atoms with Crippen LogP contribution < -0.4 is 10.9 Å². The maximum absolute atomic E-state index is 12.9. The van der Waals surface area contributed by atoms with Crippen LogP contribution in [0.25, 0.3) is 18.8 Å². The Morgan fingerprint density at radius 3 is 1.38 bits per heavy atom. The first-order valence-corrected chi connectivity index (χ1v) is 11.2. The molecule has 0 atom stereocenters. The van der Waals surface area contributed by atoms with E-state index in [0.29, 0.717) is 9.06 Å². The highest BCUT2D eigenvalue weighted by atomic mass is 35.5. The van der Waals surface area contributed by atoms with Gasteiger partial charge in [0.15, 0.2) is 0 Å². The molecular weight excluding hydrogens is 490 g/mol. The quantitative estimate of drug-likeness (QED) is 0.151. The summed E-state index contributed by atoms with van der Waals surface area (Å²) in [5, 5.41) is -0.161. The fraction of sp³-hybridized carbons (Fsp3) is 0. The van der Waals surface area contributed by atoms with Crippen molar-refractivity contribution in [3.05, 3.63) is 52.7 Å². The van der Waals surface area contributed by atoms with Crippen molar-refractivity contribution in [3.8, 4) is 0 Å². The summed E-state index contributed by atoms with van der Waals surface area (Å²) >= 11 is 35.0. The molecule has 1 aromatic heterocycles. The molecule has 1 aliphatic heterocycles. The van der Waals surface area contributed by atoms with Gasteiger partial charge in [-0.25, -0.2) is 0 Å². The van der Waals surface area contributed by atoms with Gasteiger partial charge in [0.2, 0.25) is 10.9 Å². The molecule has 0 fully saturated rings. The maximum Gasteiger partial charge on any atom is 0.206 e. The van der Waals surface area contributed by atoms with Gasteiger partial charge >= 0.3 is 0 Å². The van der Waals surface area contributed by atoms with Crippen LogP contribution in [0.3, 0.4) is 0 Å². The Hall–Kier alpha value is 0.170. The first-order valence-electron chi connectivity index (χ1n) is 6.00. The van der Waals surface area contributed by atoms with Crippen LogP contribution in [0.4, 0.5) is 0 Å². The van der Waals surface area contributed by atoms with E-state index in [2.05, 4.69) is 0 Å². The monoisotopic (exact) mass is 488 g/mol. The molecule has 4 rings (SSSR count). The van der Waals surface area contributed by atoms with E-state index in [1.54, 1.807) is 0 Å². The average Bonchev–Trinajstić information content (AvgIpc) is 2.91. The molecule has 2 nitrogen and oxygen atoms in total. The van der Waals surface area contributed by atoms with Crippen LogP contribution in [0.1, 0.15) is 0 Å². The Kier molecular flexibility index (Phi) is 4.48. The molecule has 1 aromatic carbocycles. The summed E-state index contributed by atoms with van der Waals surface area (Å²) in [5.74, 6) is 0. The lowest BCUT2D eigenvalue weighted by Gasteiger charge is -2.07. The summed E-state index contributed by atoms with van der Waals surface area (Å²) in [6, 6.07) is 0. The van der Waals surface area contributed by atoms with Gasteiger partial charge in [0.25, 0.3) is 0 Å². The molecule has 2 aromatic rings. The minimum absolute atomic E-state index is 0.00944. The third-order valence-electron chi connectivity index (χ3n) is 3.25. The number of rotatable bonds is 0. The minimum Gasteiger partial charge on any atom is -0.288 e. The predicted molar refractivity (Wildman–Crippen MR) is 112 cm³/mol. The smallest absolute Gasteiger partial charge is 0.206 e. The van der Waals surface area contributed by atoms with E-state index < -0.39 is 0 Å². The van der Waals surface area contributed by atoms with E-state index in [1.807, 2.05) is 0 Å². The van der Waals surface area contributed by atoms with Crippen molar-refractivity contribution in [2.75, 3.05) is 0 Å². The summed E-state index contributed by atoms with van der Waals surface area (Å²) < 4.78 is 3.19. The van der Waals surface area contributed by atoms with Gasteiger partial charge in [-0.1, -0.05) is 58.6 Å². The second-order valence-corrected chi connectivity index (χ2v) is 11.9. The van der Waals surface area contributed by atoms with Crippen molar-refractivity contribution >= 4 is 123 Å². The highest BCUT2D eigenvalue weighted by Crippen LogP contribution is 2.41. The molecule has 11 heteroatoms. The van der Waals surface area contributed by atoms with Crippen LogP contribution in [0, 0.1) is 12.2 Å². The highest BCUT2D eigenvalue weighted by molar-refractivity contribution is 7.78. The van der Waals surface area contributed by atoms with Crippen molar-refractivity contribution in [2.45, 2.75) is 0 Å². The Balaban J connectivity index is 2.47. The van der Waals surface area contributed by atoms with Gasteiger partial charge in [-0.2, -0.15) is 0 Å². The highest BCUT2D eigenvalue weighted by Gasteiger charge is 2.22. The van der Waals surface area contributed by atoms with Crippen molar-refractivity contribution in [2.24, 2.45) is 0 Å². The Morgan fingerprint density at radius 1 is 0.625 bits per heavy atom. The average molecular weight is 490 g/mol. The van der Waals surface area contributed by atoms with E-state index in [9.17, 15) is 9.59 Å². The van der Waals surface area contributed by atoms with E-state index in [-0.39, 0.29) is 41.7 Å². The zero-order valence-electron chi connectivity index (χ0n) is 10.9. The van der Waals surface area contributed by atoms with Gasteiger partial charge < -0.3 is 0 Å². The summed E-state index contributed by atoms with van der Waals surface area (Å²) in [7, 11) is 0. The first-order chi connectivity index (χ1) is 11.3. The molecule has 0 saturated carbocycles. The molecule has 24 heavy (non-hydrogen) atoms. The zero-order valence-corrected chi connectivity index (χ0v) is 18.0. The molecule has 0 spiro atoms. The third kappa shape index (κ3) is 2.41. The standard InChI is InChI=1S/C13Cl4O2S5/c14-3-1-2(4(15)6(17)5(3)16)8(19)10-9(7(1)18)21-11-12(22-10)24-13(20)23-11. The van der Waals surface area contributed by atoms with Crippen LogP contribution in [0.5, 0.6) is 0 Å². The fourth-order valence-corrected chi connectivity index (χ4v) is 9.42. The van der Waals surface area contributed by atoms with E-state index in [4.69, 9.17) is 58.6 Å². The van der Waals surface area contributed by atoms with Crippen LogP contribution in [-0.4, -0.2) is 0 Å². The lowest BCUT2D eigenvalue weighted by Crippen LogP contribution is -2.14. The predicted octanol–water partition coefficient (Wildman–Crippen LogP) is 7.03. The van der Waals surface area contributed by atoms with E-state index >= 15 is 0 Å². The topological polar surface area (TPSA) is 34.1 Å². The largest absolute Gasteiger partial charge is 0.288 e. The molecule has 0 N–H and O–H groups in total. The summed E-state index contributed by atoms with van der Waals surface area (Å²) in [6.45, 7) is 0. The molecule has 0 bridgehead atoms. The lowest BCUT2D eigenvalue weighted by molar-refractivity contribution is 1.55. The van der Waals surface area contributed by atoms with Crippen molar-refractivity contribution in [1.29, 1.82) is 0 Å². The molecule has 2 aliphatic rings. The maximum atomic E-state index is 12.9. The summed E-state index contributed by atoms with van der Waals surface area (Å²) in [4.78, 5) is 25.9. The normalized spacial score (nSPS) is 11.8. The number of hydrogen-bond donors (Lipinski definition) is 0. The van der Waals surface area contributed by atoms with E-state index in [0.717, 1.165) is 11.2 Å². The van der Waals surface area contributed by atoms with Gasteiger partial charge in [0.1, 0.15) is 11.2 Å². The molecule has 122 valence electrons. The Bertz CT molecular complexity index is 1310.